The molecule has 0 aliphatic carbocycles. The van der Waals surface area contributed by atoms with Crippen LogP contribution in [0, 0.1) is 0 Å². The number of piperazine rings is 1. The van der Waals surface area contributed by atoms with Crippen LogP contribution in [0.25, 0.3) is 0 Å². The third-order valence-electron chi connectivity index (χ3n) is 6.82. The van der Waals surface area contributed by atoms with Crippen molar-refractivity contribution in [2.45, 2.75) is 51.4 Å². The Bertz CT molecular complexity index is 843. The number of carbonyl (C=O) groups excluding carboxylic acids is 3. The molecule has 0 bridgehead atoms. The lowest BCUT2D eigenvalue weighted by Crippen LogP contribution is -2.51. The van der Waals surface area contributed by atoms with Crippen molar-refractivity contribution in [2.24, 2.45) is 0 Å². The second-order valence-electron chi connectivity index (χ2n) is 9.27. The maximum absolute atomic E-state index is 12.6. The number of fused-ring (bicyclic) bond motifs is 1. The summed E-state index contributed by atoms with van der Waals surface area (Å²) >= 11 is 0. The van der Waals surface area contributed by atoms with Crippen molar-refractivity contribution in [1.82, 2.24) is 14.7 Å². The molecule has 8 nitrogen and oxygen atoms in total. The van der Waals surface area contributed by atoms with Crippen molar-refractivity contribution < 1.29 is 19.1 Å². The Balaban J connectivity index is 1.12. The number of nitrogens with zero attached hydrogens (tertiary/aromatic N) is 3. The van der Waals surface area contributed by atoms with Gasteiger partial charge in [0, 0.05) is 57.8 Å². The van der Waals surface area contributed by atoms with Crippen LogP contribution < -0.4 is 10.1 Å². The van der Waals surface area contributed by atoms with Crippen LogP contribution in [-0.4, -0.2) is 84.8 Å². The Morgan fingerprint density at radius 1 is 0.879 bits per heavy atom. The summed E-state index contributed by atoms with van der Waals surface area (Å²) in [5.41, 5.74) is 1.96. The van der Waals surface area contributed by atoms with Gasteiger partial charge in [-0.05, 0) is 49.4 Å². The van der Waals surface area contributed by atoms with Crippen molar-refractivity contribution in [1.29, 1.82) is 0 Å². The molecule has 3 amide bonds. The number of amides is 3. The summed E-state index contributed by atoms with van der Waals surface area (Å²) in [6, 6.07) is 5.71. The fraction of sp³-hybridized carbons (Fsp3) is 0.640. The van der Waals surface area contributed by atoms with E-state index in [1.54, 1.807) is 0 Å². The number of aryl methyl sites for hydroxylation is 1. The fourth-order valence-electron chi connectivity index (χ4n) is 4.79. The highest BCUT2D eigenvalue weighted by Gasteiger charge is 2.24. The molecule has 2 saturated heterocycles. The molecule has 1 aromatic carbocycles. The molecule has 8 heteroatoms. The molecule has 0 atom stereocenters. The number of hydrogen-bond donors (Lipinski definition) is 1. The Labute approximate surface area is 196 Å². The molecule has 3 heterocycles. The Hall–Kier alpha value is -2.61. The number of likely N-dealkylation sites (tertiary alicyclic amines) is 1. The number of nitrogens with one attached hydrogen (secondary N) is 1. The van der Waals surface area contributed by atoms with E-state index < -0.39 is 0 Å². The molecule has 0 saturated carbocycles. The number of ether oxygens (including phenoxy) is 1. The summed E-state index contributed by atoms with van der Waals surface area (Å²) in [4.78, 5) is 42.7. The fourth-order valence-corrected chi connectivity index (χ4v) is 4.79. The van der Waals surface area contributed by atoms with E-state index >= 15 is 0 Å². The summed E-state index contributed by atoms with van der Waals surface area (Å²) in [5.74, 6) is 1.23. The van der Waals surface area contributed by atoms with Gasteiger partial charge < -0.3 is 19.9 Å². The SMILES string of the molecule is O=C1CCc2cc(OCCCC(=O)N3CCN(CC(=O)N4CCCCCC4)CC3)ccc2N1. The minimum Gasteiger partial charge on any atom is -0.494 e. The molecule has 0 unspecified atom stereocenters. The minimum absolute atomic E-state index is 0.0551. The monoisotopic (exact) mass is 456 g/mol. The van der Waals surface area contributed by atoms with Crippen LogP contribution in [0.15, 0.2) is 18.2 Å². The molecule has 0 aromatic heterocycles. The highest BCUT2D eigenvalue weighted by Crippen LogP contribution is 2.27. The zero-order valence-corrected chi connectivity index (χ0v) is 19.5. The first-order valence-electron chi connectivity index (χ1n) is 12.4. The third-order valence-corrected chi connectivity index (χ3v) is 6.82. The molecule has 33 heavy (non-hydrogen) atoms. The number of rotatable bonds is 7. The predicted octanol–water partition coefficient (Wildman–Crippen LogP) is 2.28. The third kappa shape index (κ3) is 6.69. The minimum atomic E-state index is 0.0551. The smallest absolute Gasteiger partial charge is 0.236 e. The molecule has 180 valence electrons. The lowest BCUT2D eigenvalue weighted by Gasteiger charge is -2.35. The Morgan fingerprint density at radius 3 is 2.36 bits per heavy atom. The van der Waals surface area contributed by atoms with Gasteiger partial charge in [-0.3, -0.25) is 19.3 Å². The van der Waals surface area contributed by atoms with Gasteiger partial charge in [-0.1, -0.05) is 12.8 Å². The molecule has 4 rings (SSSR count). The van der Waals surface area contributed by atoms with Gasteiger partial charge in [0.1, 0.15) is 5.75 Å². The molecule has 1 aromatic rings. The van der Waals surface area contributed by atoms with Gasteiger partial charge in [-0.15, -0.1) is 0 Å². The van der Waals surface area contributed by atoms with Crippen LogP contribution >= 0.6 is 0 Å². The summed E-state index contributed by atoms with van der Waals surface area (Å²) < 4.78 is 5.83. The van der Waals surface area contributed by atoms with Crippen LogP contribution in [0.4, 0.5) is 5.69 Å². The zero-order chi connectivity index (χ0) is 23.0. The maximum Gasteiger partial charge on any atom is 0.236 e. The van der Waals surface area contributed by atoms with Gasteiger partial charge in [0.25, 0.3) is 0 Å². The van der Waals surface area contributed by atoms with Crippen LogP contribution in [0.5, 0.6) is 5.75 Å². The number of hydrogen-bond acceptors (Lipinski definition) is 5. The highest BCUT2D eigenvalue weighted by molar-refractivity contribution is 5.94. The number of anilines is 1. The van der Waals surface area contributed by atoms with E-state index in [9.17, 15) is 14.4 Å². The van der Waals surface area contributed by atoms with Gasteiger partial charge in [0.15, 0.2) is 0 Å². The first-order chi connectivity index (χ1) is 16.1. The van der Waals surface area contributed by atoms with Crippen LogP contribution in [-0.2, 0) is 20.8 Å². The van der Waals surface area contributed by atoms with Gasteiger partial charge in [-0.25, -0.2) is 0 Å². The molecule has 0 spiro atoms. The second-order valence-corrected chi connectivity index (χ2v) is 9.27. The molecule has 1 N–H and O–H groups in total. The standard InChI is InChI=1S/C25H36N4O4/c30-23-10-7-20-18-21(8-9-22(20)26-23)33-17-5-6-24(31)29-15-13-27(14-16-29)19-25(32)28-11-3-1-2-4-12-28/h8-9,18H,1-7,10-17,19H2,(H,26,30). The summed E-state index contributed by atoms with van der Waals surface area (Å²) in [7, 11) is 0. The Morgan fingerprint density at radius 2 is 1.61 bits per heavy atom. The van der Waals surface area contributed by atoms with Crippen molar-refractivity contribution in [3.8, 4) is 5.75 Å². The largest absolute Gasteiger partial charge is 0.494 e. The van der Waals surface area contributed by atoms with Crippen molar-refractivity contribution >= 4 is 23.4 Å². The molecule has 2 fully saturated rings. The van der Waals surface area contributed by atoms with Gasteiger partial charge in [-0.2, -0.15) is 0 Å². The van der Waals surface area contributed by atoms with Crippen molar-refractivity contribution in [3.63, 3.8) is 0 Å². The maximum atomic E-state index is 12.6. The lowest BCUT2D eigenvalue weighted by molar-refractivity contribution is -0.135. The van der Waals surface area contributed by atoms with E-state index in [2.05, 4.69) is 10.2 Å². The number of carbonyl (C=O) groups is 3. The molecule has 3 aliphatic heterocycles. The van der Waals surface area contributed by atoms with E-state index in [1.807, 2.05) is 28.0 Å². The summed E-state index contributed by atoms with van der Waals surface area (Å²) in [6.45, 7) is 5.62. The van der Waals surface area contributed by atoms with E-state index in [0.29, 0.717) is 45.5 Å². The van der Waals surface area contributed by atoms with Gasteiger partial charge in [0.2, 0.25) is 17.7 Å². The molecule has 0 radical (unpaired) electrons. The van der Waals surface area contributed by atoms with Crippen LogP contribution in [0.3, 0.4) is 0 Å². The van der Waals surface area contributed by atoms with E-state index in [-0.39, 0.29) is 17.7 Å². The molecular formula is C25H36N4O4. The molecule has 3 aliphatic rings. The normalized spacial score (nSPS) is 19.5. The quantitative estimate of drug-likeness (QED) is 0.637. The van der Waals surface area contributed by atoms with Gasteiger partial charge >= 0.3 is 0 Å². The second kappa shape index (κ2) is 11.5. The van der Waals surface area contributed by atoms with E-state index in [0.717, 1.165) is 62.4 Å². The van der Waals surface area contributed by atoms with Crippen LogP contribution in [0.2, 0.25) is 0 Å². The molecular weight excluding hydrogens is 420 g/mol. The lowest BCUT2D eigenvalue weighted by atomic mass is 10.0. The Kier molecular flexibility index (Phi) is 8.20. The van der Waals surface area contributed by atoms with E-state index in [1.165, 1.54) is 12.8 Å². The highest BCUT2D eigenvalue weighted by atomic mass is 16.5. The van der Waals surface area contributed by atoms with E-state index in [4.69, 9.17) is 4.74 Å². The topological polar surface area (TPSA) is 82.2 Å². The predicted molar refractivity (Wildman–Crippen MR) is 126 cm³/mol. The average molecular weight is 457 g/mol. The first kappa shape index (κ1) is 23.5. The van der Waals surface area contributed by atoms with Crippen molar-refractivity contribution in [3.05, 3.63) is 23.8 Å². The first-order valence-corrected chi connectivity index (χ1v) is 12.4. The van der Waals surface area contributed by atoms with Crippen LogP contribution in [0.1, 0.15) is 50.5 Å². The summed E-state index contributed by atoms with van der Waals surface area (Å²) in [5, 5.41) is 2.87. The average Bonchev–Trinajstić information content (AvgIpc) is 3.12. The summed E-state index contributed by atoms with van der Waals surface area (Å²) in [6.07, 6.45) is 7.04. The van der Waals surface area contributed by atoms with Gasteiger partial charge in [0.05, 0.1) is 13.2 Å². The number of benzene rings is 1. The zero-order valence-electron chi connectivity index (χ0n) is 19.5. The van der Waals surface area contributed by atoms with Crippen molar-refractivity contribution in [2.75, 3.05) is 57.7 Å².